The Morgan fingerprint density at radius 2 is 2.00 bits per heavy atom. The van der Waals surface area contributed by atoms with Crippen molar-refractivity contribution in [3.63, 3.8) is 0 Å². The van der Waals surface area contributed by atoms with Crippen LogP contribution in [0.15, 0.2) is 24.7 Å². The minimum Gasteiger partial charge on any atom is -0.309 e. The second kappa shape index (κ2) is 7.51. The average Bonchev–Trinajstić information content (AvgIpc) is 2.50. The topological polar surface area (TPSA) is 67.8 Å². The highest BCUT2D eigenvalue weighted by Gasteiger charge is 2.21. The first-order valence-electron chi connectivity index (χ1n) is 6.91. The average molecular weight is 339 g/mol. The van der Waals surface area contributed by atoms with Crippen LogP contribution in [-0.4, -0.2) is 20.9 Å². The van der Waals surface area contributed by atoms with Crippen LogP contribution in [0.1, 0.15) is 36.8 Å². The molecule has 0 saturated heterocycles. The lowest BCUT2D eigenvalue weighted by molar-refractivity contribution is -0.117. The fourth-order valence-corrected chi connectivity index (χ4v) is 2.30. The molecule has 1 atom stereocenters. The van der Waals surface area contributed by atoms with E-state index in [1.807, 2.05) is 19.9 Å². The van der Waals surface area contributed by atoms with Crippen LogP contribution in [0, 0.1) is 6.92 Å². The van der Waals surface area contributed by atoms with Crippen LogP contribution in [0.4, 0.5) is 5.82 Å². The molecule has 1 unspecified atom stereocenters. The summed E-state index contributed by atoms with van der Waals surface area (Å²) in [6, 6.07) is 1.89. The summed E-state index contributed by atoms with van der Waals surface area (Å²) in [7, 11) is 0. The lowest BCUT2D eigenvalue weighted by Crippen LogP contribution is -2.22. The normalized spacial score (nSPS) is 12.0. The molecule has 5 nitrogen and oxygen atoms in total. The Labute approximate surface area is 139 Å². The Balaban J connectivity index is 2.20. The highest BCUT2D eigenvalue weighted by molar-refractivity contribution is 6.30. The van der Waals surface area contributed by atoms with Crippen LogP contribution in [0.5, 0.6) is 0 Å². The number of carbonyl (C=O) groups is 1. The first-order chi connectivity index (χ1) is 10.5. The van der Waals surface area contributed by atoms with Gasteiger partial charge in [-0.15, -0.1) is 0 Å². The molecule has 0 aliphatic carbocycles. The number of pyridine rings is 1. The molecule has 1 amide bonds. The third-order valence-corrected chi connectivity index (χ3v) is 3.79. The van der Waals surface area contributed by atoms with Crippen molar-refractivity contribution in [2.75, 3.05) is 5.32 Å². The van der Waals surface area contributed by atoms with Crippen molar-refractivity contribution in [3.05, 3.63) is 46.1 Å². The second-order valence-corrected chi connectivity index (χ2v) is 5.68. The van der Waals surface area contributed by atoms with Crippen molar-refractivity contribution in [2.24, 2.45) is 0 Å². The first-order valence-corrected chi connectivity index (χ1v) is 7.67. The number of hydrogen-bond acceptors (Lipinski definition) is 4. The maximum atomic E-state index is 12.5. The Morgan fingerprint density at radius 1 is 1.23 bits per heavy atom. The zero-order chi connectivity index (χ0) is 16.1. The maximum Gasteiger partial charge on any atom is 0.233 e. The van der Waals surface area contributed by atoms with Crippen LogP contribution in [-0.2, 0) is 4.79 Å². The summed E-state index contributed by atoms with van der Waals surface area (Å²) in [5.74, 6) is -0.0953. The monoisotopic (exact) mass is 338 g/mol. The van der Waals surface area contributed by atoms with E-state index in [0.29, 0.717) is 17.4 Å². The van der Waals surface area contributed by atoms with Gasteiger partial charge in [0.25, 0.3) is 0 Å². The van der Waals surface area contributed by atoms with E-state index >= 15 is 0 Å². The summed E-state index contributed by atoms with van der Waals surface area (Å²) in [5, 5.41) is 3.48. The summed E-state index contributed by atoms with van der Waals surface area (Å²) >= 11 is 11.6. The van der Waals surface area contributed by atoms with Gasteiger partial charge in [0.1, 0.15) is 10.3 Å². The third kappa shape index (κ3) is 4.15. The molecule has 22 heavy (non-hydrogen) atoms. The zero-order valence-electron chi connectivity index (χ0n) is 12.3. The van der Waals surface area contributed by atoms with Crippen LogP contribution in [0.3, 0.4) is 0 Å². The summed E-state index contributed by atoms with van der Waals surface area (Å²) in [5.41, 5.74) is 1.68. The van der Waals surface area contributed by atoms with Gasteiger partial charge in [0, 0.05) is 6.20 Å². The molecule has 0 spiro atoms. The van der Waals surface area contributed by atoms with E-state index in [0.717, 1.165) is 17.5 Å². The Morgan fingerprint density at radius 3 is 2.59 bits per heavy atom. The summed E-state index contributed by atoms with van der Waals surface area (Å²) < 4.78 is 0. The lowest BCUT2D eigenvalue weighted by Gasteiger charge is -2.16. The maximum absolute atomic E-state index is 12.5. The number of amides is 1. The van der Waals surface area contributed by atoms with Crippen molar-refractivity contribution in [3.8, 4) is 0 Å². The number of aromatic nitrogens is 3. The van der Waals surface area contributed by atoms with Crippen LogP contribution in [0.2, 0.25) is 10.3 Å². The largest absolute Gasteiger partial charge is 0.309 e. The molecule has 0 saturated carbocycles. The van der Waals surface area contributed by atoms with Crippen molar-refractivity contribution < 1.29 is 4.79 Å². The van der Waals surface area contributed by atoms with E-state index in [2.05, 4.69) is 20.3 Å². The van der Waals surface area contributed by atoms with Gasteiger partial charge < -0.3 is 5.32 Å². The van der Waals surface area contributed by atoms with Gasteiger partial charge in [-0.05, 0) is 24.5 Å². The molecule has 7 heteroatoms. The zero-order valence-corrected chi connectivity index (χ0v) is 13.8. The Hall–Kier alpha value is -1.72. The predicted molar refractivity (Wildman–Crippen MR) is 87.3 cm³/mol. The number of aryl methyl sites for hydroxylation is 1. The van der Waals surface area contributed by atoms with Crippen LogP contribution in [0.25, 0.3) is 0 Å². The molecule has 0 fully saturated rings. The Bertz CT molecular complexity index is 661. The number of nitrogens with zero attached hydrogens (tertiary/aromatic N) is 3. The quantitative estimate of drug-likeness (QED) is 0.836. The number of halogens is 2. The van der Waals surface area contributed by atoms with E-state index in [9.17, 15) is 4.79 Å². The number of carbonyl (C=O) groups excluding carboxylic acids is 1. The number of rotatable bonds is 5. The van der Waals surface area contributed by atoms with Crippen molar-refractivity contribution in [1.29, 1.82) is 0 Å². The van der Waals surface area contributed by atoms with Gasteiger partial charge in [0.05, 0.1) is 18.3 Å². The number of nitrogens with one attached hydrogen (secondary N) is 1. The van der Waals surface area contributed by atoms with Gasteiger partial charge in [0.15, 0.2) is 5.82 Å². The van der Waals surface area contributed by atoms with Gasteiger partial charge in [-0.25, -0.2) is 15.0 Å². The lowest BCUT2D eigenvalue weighted by atomic mass is 9.94. The number of hydrogen-bond donors (Lipinski definition) is 1. The third-order valence-electron chi connectivity index (χ3n) is 3.20. The number of anilines is 1. The predicted octanol–water partition coefficient (Wildman–Crippen LogP) is 4.01. The fourth-order valence-electron chi connectivity index (χ4n) is 2.10. The van der Waals surface area contributed by atoms with Crippen molar-refractivity contribution >= 4 is 34.9 Å². The van der Waals surface area contributed by atoms with Crippen molar-refractivity contribution in [2.45, 2.75) is 32.6 Å². The molecule has 2 heterocycles. The van der Waals surface area contributed by atoms with E-state index in [1.165, 1.54) is 12.4 Å². The van der Waals surface area contributed by atoms with Gasteiger partial charge in [-0.2, -0.15) is 0 Å². The molecule has 2 rings (SSSR count). The SMILES string of the molecule is CCCC(C(=O)Nc1cnc(Cl)cn1)c1cnc(Cl)c(C)c1. The summed E-state index contributed by atoms with van der Waals surface area (Å²) in [6.07, 6.45) is 6.03. The molecule has 0 aliphatic heterocycles. The highest BCUT2D eigenvalue weighted by atomic mass is 35.5. The smallest absolute Gasteiger partial charge is 0.233 e. The fraction of sp³-hybridized carbons (Fsp3) is 0.333. The minimum absolute atomic E-state index is 0.151. The van der Waals surface area contributed by atoms with E-state index in [1.54, 1.807) is 6.20 Å². The van der Waals surface area contributed by atoms with E-state index < -0.39 is 0 Å². The van der Waals surface area contributed by atoms with Crippen LogP contribution >= 0.6 is 23.2 Å². The van der Waals surface area contributed by atoms with E-state index in [4.69, 9.17) is 23.2 Å². The molecule has 0 aromatic carbocycles. The van der Waals surface area contributed by atoms with Crippen molar-refractivity contribution in [1.82, 2.24) is 15.0 Å². The molecule has 0 bridgehead atoms. The second-order valence-electron chi connectivity index (χ2n) is 4.93. The summed E-state index contributed by atoms with van der Waals surface area (Å²) in [6.45, 7) is 3.89. The highest BCUT2D eigenvalue weighted by Crippen LogP contribution is 2.25. The van der Waals surface area contributed by atoms with Gasteiger partial charge >= 0.3 is 0 Å². The van der Waals surface area contributed by atoms with Crippen LogP contribution < -0.4 is 5.32 Å². The molecule has 2 aromatic rings. The first kappa shape index (κ1) is 16.6. The van der Waals surface area contributed by atoms with Gasteiger partial charge in [-0.3, -0.25) is 4.79 Å². The molecule has 0 radical (unpaired) electrons. The Kier molecular flexibility index (Phi) is 5.69. The standard InChI is InChI=1S/C15H16Cl2N4O/c1-3-4-11(10-5-9(2)14(17)20-6-10)15(22)21-13-8-18-12(16)7-19-13/h5-8,11H,3-4H2,1-2H3,(H,19,21,22). The molecule has 0 aliphatic rings. The molecule has 116 valence electrons. The van der Waals surface area contributed by atoms with Gasteiger partial charge in [0.2, 0.25) is 5.91 Å². The molecular formula is C15H16Cl2N4O. The summed E-state index contributed by atoms with van der Waals surface area (Å²) in [4.78, 5) is 24.6. The van der Waals surface area contributed by atoms with Gasteiger partial charge in [-0.1, -0.05) is 42.6 Å². The van der Waals surface area contributed by atoms with E-state index in [-0.39, 0.29) is 17.0 Å². The molecular weight excluding hydrogens is 323 g/mol. The minimum atomic E-state index is -0.314. The molecule has 2 aromatic heterocycles. The molecule has 1 N–H and O–H groups in total.